The molecule has 126 valence electrons. The van der Waals surface area contributed by atoms with Crippen LogP contribution in [0.3, 0.4) is 0 Å². The number of hydrogen-bond donors (Lipinski definition) is 0. The van der Waals surface area contributed by atoms with Gasteiger partial charge in [0.1, 0.15) is 6.61 Å². The van der Waals surface area contributed by atoms with Crippen LogP contribution in [0.2, 0.25) is 0 Å². The molecule has 0 fully saturated rings. The molecule has 0 atom stereocenters. The molecule has 4 heteroatoms. The van der Waals surface area contributed by atoms with E-state index in [1.54, 1.807) is 13.0 Å². The van der Waals surface area contributed by atoms with Gasteiger partial charge in [0.2, 0.25) is 0 Å². The summed E-state index contributed by atoms with van der Waals surface area (Å²) < 4.78 is 16.5. The molecule has 0 aliphatic rings. The Hall–Kier alpha value is -2.75. The fourth-order valence-electron chi connectivity index (χ4n) is 2.22. The van der Waals surface area contributed by atoms with Gasteiger partial charge in [0.15, 0.2) is 18.1 Å². The van der Waals surface area contributed by atoms with Crippen molar-refractivity contribution in [1.82, 2.24) is 0 Å². The number of hydrogen-bond acceptors (Lipinski definition) is 4. The molecule has 0 saturated carbocycles. The van der Waals surface area contributed by atoms with Gasteiger partial charge in [-0.2, -0.15) is 0 Å². The Morgan fingerprint density at radius 1 is 1.08 bits per heavy atom. The van der Waals surface area contributed by atoms with Crippen molar-refractivity contribution in [2.24, 2.45) is 0 Å². The second-order valence-electron chi connectivity index (χ2n) is 5.11. The van der Waals surface area contributed by atoms with Crippen LogP contribution < -0.4 is 9.47 Å². The van der Waals surface area contributed by atoms with Crippen LogP contribution in [0.5, 0.6) is 11.5 Å². The highest BCUT2D eigenvalue weighted by Crippen LogP contribution is 2.32. The number of carbonyl (C=O) groups excluding carboxylic acids is 1. The predicted molar refractivity (Wildman–Crippen MR) is 93.2 cm³/mol. The van der Waals surface area contributed by atoms with E-state index in [0.29, 0.717) is 31.1 Å². The minimum absolute atomic E-state index is 0.149. The average molecular weight is 326 g/mol. The summed E-state index contributed by atoms with van der Waals surface area (Å²) in [4.78, 5) is 11.6. The van der Waals surface area contributed by atoms with Gasteiger partial charge in [0.25, 0.3) is 0 Å². The molecular formula is C20H22O4. The van der Waals surface area contributed by atoms with Crippen molar-refractivity contribution in [3.05, 3.63) is 72.3 Å². The molecule has 0 unspecified atom stereocenters. The Balaban J connectivity index is 2.14. The van der Waals surface area contributed by atoms with Crippen molar-refractivity contribution in [2.75, 3.05) is 13.2 Å². The van der Waals surface area contributed by atoms with E-state index < -0.39 is 5.97 Å². The maximum absolute atomic E-state index is 11.6. The summed E-state index contributed by atoms with van der Waals surface area (Å²) in [7, 11) is 0. The molecule has 0 aliphatic heterocycles. The Labute approximate surface area is 142 Å². The largest absolute Gasteiger partial charge is 0.485 e. The second-order valence-corrected chi connectivity index (χ2v) is 5.11. The maximum Gasteiger partial charge on any atom is 0.344 e. The summed E-state index contributed by atoms with van der Waals surface area (Å²) >= 11 is 0. The molecule has 0 N–H and O–H groups in total. The number of allylic oxidation sites excluding steroid dienone is 1. The molecule has 24 heavy (non-hydrogen) atoms. The third-order valence-electron chi connectivity index (χ3n) is 3.30. The third kappa shape index (κ3) is 5.16. The molecule has 2 rings (SSSR count). The molecule has 0 heterocycles. The van der Waals surface area contributed by atoms with Crippen molar-refractivity contribution >= 4 is 5.97 Å². The number of para-hydroxylation sites is 1. The summed E-state index contributed by atoms with van der Waals surface area (Å²) in [6, 6.07) is 15.5. The molecule has 0 aromatic heterocycles. The summed E-state index contributed by atoms with van der Waals surface area (Å²) in [6.45, 7) is 6.12. The van der Waals surface area contributed by atoms with Crippen LogP contribution >= 0.6 is 0 Å². The first kappa shape index (κ1) is 17.6. The van der Waals surface area contributed by atoms with Gasteiger partial charge >= 0.3 is 5.97 Å². The van der Waals surface area contributed by atoms with E-state index in [4.69, 9.17) is 14.2 Å². The highest BCUT2D eigenvalue weighted by atomic mass is 16.6. The van der Waals surface area contributed by atoms with E-state index in [9.17, 15) is 4.79 Å². The van der Waals surface area contributed by atoms with E-state index in [1.807, 2.05) is 48.5 Å². The Kier molecular flexibility index (Phi) is 6.90. The fraction of sp³-hybridized carbons (Fsp3) is 0.250. The van der Waals surface area contributed by atoms with Gasteiger partial charge in [-0.3, -0.25) is 0 Å². The highest BCUT2D eigenvalue weighted by Gasteiger charge is 2.13. The third-order valence-corrected chi connectivity index (χ3v) is 3.30. The zero-order valence-electron chi connectivity index (χ0n) is 13.9. The average Bonchev–Trinajstić information content (AvgIpc) is 2.60. The number of benzene rings is 2. The molecule has 2 aromatic carbocycles. The molecular weight excluding hydrogens is 304 g/mol. The number of carbonyl (C=O) groups is 1. The van der Waals surface area contributed by atoms with Crippen LogP contribution in [0.25, 0.3) is 0 Å². The maximum atomic E-state index is 11.6. The second kappa shape index (κ2) is 9.40. The lowest BCUT2D eigenvalue weighted by atomic mass is 10.1. The van der Waals surface area contributed by atoms with Crippen molar-refractivity contribution in [1.29, 1.82) is 0 Å². The van der Waals surface area contributed by atoms with Crippen LogP contribution in [0.1, 0.15) is 18.1 Å². The summed E-state index contributed by atoms with van der Waals surface area (Å²) in [5, 5.41) is 0. The summed E-state index contributed by atoms with van der Waals surface area (Å²) in [5.41, 5.74) is 1.97. The Morgan fingerprint density at radius 2 is 1.88 bits per heavy atom. The number of rotatable bonds is 9. The molecule has 2 aromatic rings. The lowest BCUT2D eigenvalue weighted by Crippen LogP contribution is -2.15. The first-order chi connectivity index (χ1) is 11.7. The van der Waals surface area contributed by atoms with E-state index in [1.165, 1.54) is 0 Å². The quantitative estimate of drug-likeness (QED) is 0.517. The van der Waals surface area contributed by atoms with Gasteiger partial charge in [-0.25, -0.2) is 4.79 Å². The van der Waals surface area contributed by atoms with Crippen molar-refractivity contribution in [2.45, 2.75) is 20.0 Å². The highest BCUT2D eigenvalue weighted by molar-refractivity contribution is 5.71. The van der Waals surface area contributed by atoms with Gasteiger partial charge < -0.3 is 14.2 Å². The van der Waals surface area contributed by atoms with Gasteiger partial charge in [-0.05, 0) is 25.0 Å². The molecule has 0 radical (unpaired) electrons. The molecule has 0 saturated heterocycles. The smallest absolute Gasteiger partial charge is 0.344 e. The van der Waals surface area contributed by atoms with Gasteiger partial charge in [-0.1, -0.05) is 48.5 Å². The zero-order chi connectivity index (χ0) is 17.2. The van der Waals surface area contributed by atoms with Crippen LogP contribution in [-0.2, 0) is 22.6 Å². The van der Waals surface area contributed by atoms with E-state index in [-0.39, 0.29) is 6.61 Å². The Morgan fingerprint density at radius 3 is 2.58 bits per heavy atom. The van der Waals surface area contributed by atoms with Gasteiger partial charge in [0, 0.05) is 5.56 Å². The minimum atomic E-state index is -0.403. The summed E-state index contributed by atoms with van der Waals surface area (Å²) in [5.74, 6) is 0.754. The predicted octanol–water partition coefficient (Wildman–Crippen LogP) is 3.94. The monoisotopic (exact) mass is 326 g/mol. The van der Waals surface area contributed by atoms with Crippen LogP contribution in [0.4, 0.5) is 0 Å². The van der Waals surface area contributed by atoms with Crippen LogP contribution in [0, 0.1) is 0 Å². The molecule has 0 amide bonds. The molecule has 0 spiro atoms. The summed E-state index contributed by atoms with van der Waals surface area (Å²) in [6.07, 6.45) is 2.41. The van der Waals surface area contributed by atoms with Crippen LogP contribution in [-0.4, -0.2) is 19.2 Å². The first-order valence-electron chi connectivity index (χ1n) is 7.92. The standard InChI is InChI=1S/C20H22O4/c1-3-9-17-12-8-13-18(20(17)24-15-19(21)22-4-2)23-14-16-10-6-5-7-11-16/h3,5-8,10-13H,1,4,9,14-15H2,2H3. The normalized spacial score (nSPS) is 10.0. The fourth-order valence-corrected chi connectivity index (χ4v) is 2.22. The SMILES string of the molecule is C=CCc1cccc(OCc2ccccc2)c1OCC(=O)OCC. The first-order valence-corrected chi connectivity index (χ1v) is 7.92. The number of esters is 1. The van der Waals surface area contributed by atoms with E-state index in [0.717, 1.165) is 11.1 Å². The van der Waals surface area contributed by atoms with Gasteiger partial charge in [0.05, 0.1) is 6.61 Å². The topological polar surface area (TPSA) is 44.8 Å². The zero-order valence-corrected chi connectivity index (χ0v) is 13.9. The molecule has 4 nitrogen and oxygen atoms in total. The van der Waals surface area contributed by atoms with Crippen molar-refractivity contribution in [3.63, 3.8) is 0 Å². The molecule has 0 aliphatic carbocycles. The Bertz CT molecular complexity index is 665. The number of ether oxygens (including phenoxy) is 3. The van der Waals surface area contributed by atoms with E-state index >= 15 is 0 Å². The lowest BCUT2D eigenvalue weighted by Gasteiger charge is -2.15. The van der Waals surface area contributed by atoms with Crippen molar-refractivity contribution in [3.8, 4) is 11.5 Å². The lowest BCUT2D eigenvalue weighted by molar-refractivity contribution is -0.145. The van der Waals surface area contributed by atoms with Gasteiger partial charge in [-0.15, -0.1) is 6.58 Å². The van der Waals surface area contributed by atoms with E-state index in [2.05, 4.69) is 6.58 Å². The minimum Gasteiger partial charge on any atom is -0.485 e. The van der Waals surface area contributed by atoms with Crippen molar-refractivity contribution < 1.29 is 19.0 Å². The molecule has 0 bridgehead atoms. The van der Waals surface area contributed by atoms with Crippen LogP contribution in [0.15, 0.2) is 61.2 Å².